The van der Waals surface area contributed by atoms with Crippen LogP contribution in [0.1, 0.15) is 40.0 Å². The van der Waals surface area contributed by atoms with E-state index in [2.05, 4.69) is 46.5 Å². The van der Waals surface area contributed by atoms with Crippen molar-refractivity contribution < 1.29 is 8.99 Å². The van der Waals surface area contributed by atoms with Crippen LogP contribution in [0, 0.1) is 0 Å². The molecule has 0 spiro atoms. The zero-order chi connectivity index (χ0) is 22.7. The Kier molecular flexibility index (Phi) is 7.31. The second-order valence-corrected chi connectivity index (χ2v) is 17.8. The first kappa shape index (κ1) is 24.0. The van der Waals surface area contributed by atoms with Crippen molar-refractivity contribution in [3.8, 4) is 0 Å². The second kappa shape index (κ2) is 9.44. The Labute approximate surface area is 189 Å². The molecule has 1 atom stereocenters. The molecule has 3 rings (SSSR count). The van der Waals surface area contributed by atoms with Gasteiger partial charge in [0.15, 0.2) is 8.32 Å². The summed E-state index contributed by atoms with van der Waals surface area (Å²) in [7, 11) is -4.52. The minimum atomic E-state index is -2.73. The standard InChI is InChI=1S/C27H37O2PSi/c1-22-21-24(29-31(5,6)27(2,3)4)18-17-23(22)19-20-30(28,25-13-9-7-10-14-25)26-15-11-8-12-16-26/h7-16,19,24H,1,17-18,20-21H2,2-6H3/b23-19-/t24-/m1/s1. The van der Waals surface area contributed by atoms with Crippen molar-refractivity contribution in [2.24, 2.45) is 0 Å². The summed E-state index contributed by atoms with van der Waals surface area (Å²) < 4.78 is 20.9. The van der Waals surface area contributed by atoms with Gasteiger partial charge in [-0.05, 0) is 48.5 Å². The van der Waals surface area contributed by atoms with Crippen molar-refractivity contribution in [2.75, 3.05) is 6.16 Å². The molecule has 0 saturated heterocycles. The van der Waals surface area contributed by atoms with Crippen molar-refractivity contribution >= 4 is 26.1 Å². The lowest BCUT2D eigenvalue weighted by Gasteiger charge is -2.41. The highest BCUT2D eigenvalue weighted by atomic mass is 31.2. The zero-order valence-electron chi connectivity index (χ0n) is 19.7. The van der Waals surface area contributed by atoms with E-state index in [9.17, 15) is 4.57 Å². The molecule has 2 nitrogen and oxygen atoms in total. The minimum absolute atomic E-state index is 0.211. The molecule has 31 heavy (non-hydrogen) atoms. The van der Waals surface area contributed by atoms with Crippen LogP contribution < -0.4 is 10.6 Å². The summed E-state index contributed by atoms with van der Waals surface area (Å²) in [6, 6.07) is 19.8. The van der Waals surface area contributed by atoms with E-state index in [-0.39, 0.29) is 11.1 Å². The van der Waals surface area contributed by atoms with Crippen LogP contribution in [-0.4, -0.2) is 20.6 Å². The molecule has 0 aromatic heterocycles. The molecule has 0 aliphatic heterocycles. The number of rotatable bonds is 6. The zero-order valence-corrected chi connectivity index (χ0v) is 21.6. The van der Waals surface area contributed by atoms with Crippen LogP contribution in [0.4, 0.5) is 0 Å². The van der Waals surface area contributed by atoms with Gasteiger partial charge in [0.25, 0.3) is 0 Å². The summed E-state index contributed by atoms with van der Waals surface area (Å²) >= 11 is 0. The van der Waals surface area contributed by atoms with Gasteiger partial charge in [-0.2, -0.15) is 0 Å². The second-order valence-electron chi connectivity index (χ2n) is 10.2. The van der Waals surface area contributed by atoms with E-state index in [0.717, 1.165) is 35.4 Å². The Balaban J connectivity index is 1.77. The summed E-state index contributed by atoms with van der Waals surface area (Å²) in [5.74, 6) is 0. The summed E-state index contributed by atoms with van der Waals surface area (Å²) in [5, 5.41) is 2.04. The number of hydrogen-bond donors (Lipinski definition) is 0. The van der Waals surface area contributed by atoms with Gasteiger partial charge in [-0.15, -0.1) is 0 Å². The summed E-state index contributed by atoms with van der Waals surface area (Å²) in [6.07, 6.45) is 5.80. The van der Waals surface area contributed by atoms with E-state index in [1.807, 2.05) is 60.7 Å². The topological polar surface area (TPSA) is 26.3 Å². The molecule has 0 heterocycles. The molecule has 1 aliphatic rings. The van der Waals surface area contributed by atoms with Gasteiger partial charge in [0.1, 0.15) is 7.14 Å². The fourth-order valence-corrected chi connectivity index (χ4v) is 7.77. The first-order valence-electron chi connectivity index (χ1n) is 11.3. The van der Waals surface area contributed by atoms with Gasteiger partial charge in [0, 0.05) is 22.9 Å². The Morgan fingerprint density at radius 1 is 1.03 bits per heavy atom. The van der Waals surface area contributed by atoms with Crippen LogP contribution >= 0.6 is 7.14 Å². The highest BCUT2D eigenvalue weighted by Crippen LogP contribution is 2.45. The predicted octanol–water partition coefficient (Wildman–Crippen LogP) is 7.06. The fraction of sp³-hybridized carbons (Fsp3) is 0.407. The van der Waals surface area contributed by atoms with Crippen LogP contribution in [0.25, 0.3) is 0 Å². The van der Waals surface area contributed by atoms with Gasteiger partial charge in [-0.1, -0.05) is 94.1 Å². The Morgan fingerprint density at radius 2 is 1.55 bits per heavy atom. The fourth-order valence-electron chi connectivity index (χ4n) is 3.88. The molecule has 2 aromatic carbocycles. The van der Waals surface area contributed by atoms with Crippen molar-refractivity contribution in [2.45, 2.75) is 64.3 Å². The summed E-state index contributed by atoms with van der Waals surface area (Å²) in [5.41, 5.74) is 2.39. The maximum absolute atomic E-state index is 14.2. The molecule has 166 valence electrons. The van der Waals surface area contributed by atoms with Crippen LogP contribution in [0.5, 0.6) is 0 Å². The molecule has 0 N–H and O–H groups in total. The van der Waals surface area contributed by atoms with Gasteiger partial charge in [-0.25, -0.2) is 0 Å². The molecule has 0 radical (unpaired) electrons. The lowest BCUT2D eigenvalue weighted by Crippen LogP contribution is -2.44. The number of allylic oxidation sites excluding steroid dienone is 2. The van der Waals surface area contributed by atoms with E-state index in [4.69, 9.17) is 4.43 Å². The molecule has 4 heteroatoms. The molecule has 1 fully saturated rings. The van der Waals surface area contributed by atoms with Crippen molar-refractivity contribution in [3.05, 3.63) is 84.5 Å². The molecule has 1 saturated carbocycles. The monoisotopic (exact) mass is 452 g/mol. The number of hydrogen-bond acceptors (Lipinski definition) is 2. The maximum Gasteiger partial charge on any atom is 0.192 e. The van der Waals surface area contributed by atoms with Gasteiger partial charge in [-0.3, -0.25) is 0 Å². The number of benzene rings is 2. The molecule has 0 amide bonds. The van der Waals surface area contributed by atoms with Gasteiger partial charge >= 0.3 is 0 Å². The molecule has 0 unspecified atom stereocenters. The molecular weight excluding hydrogens is 415 g/mol. The van der Waals surface area contributed by atoms with Gasteiger partial charge < -0.3 is 8.99 Å². The average molecular weight is 453 g/mol. The normalized spacial score (nSPS) is 19.6. The van der Waals surface area contributed by atoms with Crippen LogP contribution in [0.3, 0.4) is 0 Å². The average Bonchev–Trinajstić information content (AvgIpc) is 2.73. The van der Waals surface area contributed by atoms with Crippen molar-refractivity contribution in [1.82, 2.24) is 0 Å². The predicted molar refractivity (Wildman–Crippen MR) is 138 cm³/mol. The summed E-state index contributed by atoms with van der Waals surface area (Å²) in [4.78, 5) is 0. The Hall–Kier alpha value is -1.67. The van der Waals surface area contributed by atoms with E-state index >= 15 is 0 Å². The third kappa shape index (κ3) is 5.58. The van der Waals surface area contributed by atoms with Gasteiger partial charge in [0.05, 0.1) is 0 Å². The lowest BCUT2D eigenvalue weighted by molar-refractivity contribution is 0.164. The third-order valence-corrected chi connectivity index (χ3v) is 14.4. The minimum Gasteiger partial charge on any atom is -0.414 e. The molecule has 0 bridgehead atoms. The van der Waals surface area contributed by atoms with E-state index in [1.165, 1.54) is 5.57 Å². The maximum atomic E-state index is 14.2. The summed E-state index contributed by atoms with van der Waals surface area (Å²) in [6.45, 7) is 15.8. The Morgan fingerprint density at radius 3 is 2.00 bits per heavy atom. The van der Waals surface area contributed by atoms with E-state index in [1.54, 1.807) is 0 Å². The first-order chi connectivity index (χ1) is 14.5. The largest absolute Gasteiger partial charge is 0.414 e. The van der Waals surface area contributed by atoms with E-state index < -0.39 is 15.5 Å². The first-order valence-corrected chi connectivity index (χ1v) is 16.1. The Bertz CT molecular complexity index is 928. The van der Waals surface area contributed by atoms with Crippen molar-refractivity contribution in [3.63, 3.8) is 0 Å². The highest BCUT2D eigenvalue weighted by molar-refractivity contribution is 7.78. The van der Waals surface area contributed by atoms with Crippen LogP contribution in [0.2, 0.25) is 18.1 Å². The van der Waals surface area contributed by atoms with Crippen LogP contribution in [0.15, 0.2) is 84.5 Å². The third-order valence-electron chi connectivity index (χ3n) is 6.87. The molecular formula is C27H37O2PSi. The highest BCUT2D eigenvalue weighted by Gasteiger charge is 2.39. The van der Waals surface area contributed by atoms with Crippen molar-refractivity contribution in [1.29, 1.82) is 0 Å². The van der Waals surface area contributed by atoms with E-state index in [0.29, 0.717) is 6.16 Å². The smallest absolute Gasteiger partial charge is 0.192 e. The molecule has 2 aromatic rings. The molecule has 1 aliphatic carbocycles. The lowest BCUT2D eigenvalue weighted by atomic mass is 9.89. The van der Waals surface area contributed by atoms with Crippen LogP contribution in [-0.2, 0) is 8.99 Å². The quantitative estimate of drug-likeness (QED) is 0.346. The van der Waals surface area contributed by atoms with Gasteiger partial charge in [0.2, 0.25) is 0 Å². The SMILES string of the molecule is C=C1C[C@H](O[Si](C)(C)C(C)(C)C)CC/C1=C/CP(=O)(c1ccccc1)c1ccccc1.